The Kier molecular flexibility index (Phi) is 5.45. The maximum absolute atomic E-state index is 12.6. The lowest BCUT2D eigenvalue weighted by atomic mass is 9.96. The zero-order valence-electron chi connectivity index (χ0n) is 14.7. The molecule has 1 fully saturated rings. The van der Waals surface area contributed by atoms with Gasteiger partial charge in [-0.1, -0.05) is 43.7 Å². The molecule has 4 nitrogen and oxygen atoms in total. The van der Waals surface area contributed by atoms with E-state index in [2.05, 4.69) is 19.2 Å². The predicted octanol–water partition coefficient (Wildman–Crippen LogP) is 3.04. The molecule has 1 aliphatic heterocycles. The number of hydrogen-bond acceptors (Lipinski definition) is 2. The fourth-order valence-corrected chi connectivity index (χ4v) is 2.94. The SMILES string of the molecule is Cc1ccc(CN2C(=O)CC[C@@]2(C)C(=O)NCCC(C)C)cc1. The number of carbonyl (C=O) groups is 2. The van der Waals surface area contributed by atoms with Gasteiger partial charge in [0.05, 0.1) is 0 Å². The van der Waals surface area contributed by atoms with Crippen molar-refractivity contribution in [2.24, 2.45) is 5.92 Å². The molecule has 0 radical (unpaired) electrons. The molecule has 23 heavy (non-hydrogen) atoms. The van der Waals surface area contributed by atoms with Crippen LogP contribution in [0.3, 0.4) is 0 Å². The van der Waals surface area contributed by atoms with Crippen molar-refractivity contribution in [2.75, 3.05) is 6.54 Å². The minimum absolute atomic E-state index is 0.0314. The van der Waals surface area contributed by atoms with E-state index in [1.165, 1.54) is 5.56 Å². The molecule has 2 rings (SSSR count). The molecule has 1 saturated heterocycles. The summed E-state index contributed by atoms with van der Waals surface area (Å²) in [5.41, 5.74) is 1.52. The molecule has 1 aliphatic rings. The van der Waals surface area contributed by atoms with Crippen LogP contribution in [-0.2, 0) is 16.1 Å². The maximum atomic E-state index is 12.6. The van der Waals surface area contributed by atoms with Crippen molar-refractivity contribution >= 4 is 11.8 Å². The molecular formula is C19H28N2O2. The van der Waals surface area contributed by atoms with Crippen LogP contribution in [0, 0.1) is 12.8 Å². The Morgan fingerprint density at radius 3 is 2.57 bits per heavy atom. The van der Waals surface area contributed by atoms with Crippen LogP contribution in [0.4, 0.5) is 0 Å². The lowest BCUT2D eigenvalue weighted by Gasteiger charge is -2.34. The molecular weight excluding hydrogens is 288 g/mol. The standard InChI is InChI=1S/C19H28N2O2/c1-14(2)10-12-20-18(23)19(4)11-9-17(22)21(19)13-16-7-5-15(3)6-8-16/h5-8,14H,9-13H2,1-4H3,(H,20,23)/t19-/m0/s1. The van der Waals surface area contributed by atoms with E-state index >= 15 is 0 Å². The molecule has 1 aromatic carbocycles. The lowest BCUT2D eigenvalue weighted by molar-refractivity contribution is -0.141. The molecule has 0 bridgehead atoms. The van der Waals surface area contributed by atoms with Crippen molar-refractivity contribution in [3.05, 3.63) is 35.4 Å². The molecule has 2 amide bonds. The molecule has 1 heterocycles. The highest BCUT2D eigenvalue weighted by molar-refractivity contribution is 5.94. The number of carbonyl (C=O) groups excluding carboxylic acids is 2. The van der Waals surface area contributed by atoms with Gasteiger partial charge in [0.15, 0.2) is 0 Å². The zero-order chi connectivity index (χ0) is 17.0. The van der Waals surface area contributed by atoms with Gasteiger partial charge in [0.25, 0.3) is 0 Å². The Bertz CT molecular complexity index is 565. The molecule has 1 aromatic rings. The number of rotatable bonds is 6. The second-order valence-corrected chi connectivity index (χ2v) is 7.18. The largest absolute Gasteiger partial charge is 0.354 e. The van der Waals surface area contributed by atoms with Crippen molar-refractivity contribution in [3.63, 3.8) is 0 Å². The highest BCUT2D eigenvalue weighted by atomic mass is 16.2. The van der Waals surface area contributed by atoms with E-state index in [4.69, 9.17) is 0 Å². The Balaban J connectivity index is 2.07. The van der Waals surface area contributed by atoms with Crippen LogP contribution in [0.25, 0.3) is 0 Å². The van der Waals surface area contributed by atoms with Crippen molar-refractivity contribution in [1.82, 2.24) is 10.2 Å². The minimum Gasteiger partial charge on any atom is -0.354 e. The average molecular weight is 316 g/mol. The fraction of sp³-hybridized carbons (Fsp3) is 0.579. The van der Waals surface area contributed by atoms with Crippen molar-refractivity contribution in [1.29, 1.82) is 0 Å². The molecule has 0 unspecified atom stereocenters. The number of aryl methyl sites for hydroxylation is 1. The van der Waals surface area contributed by atoms with Gasteiger partial charge in [-0.2, -0.15) is 0 Å². The van der Waals surface area contributed by atoms with Crippen LogP contribution in [0.5, 0.6) is 0 Å². The average Bonchev–Trinajstić information content (AvgIpc) is 2.78. The second-order valence-electron chi connectivity index (χ2n) is 7.18. The summed E-state index contributed by atoms with van der Waals surface area (Å²) in [4.78, 5) is 26.7. The van der Waals surface area contributed by atoms with E-state index in [-0.39, 0.29) is 11.8 Å². The first-order valence-electron chi connectivity index (χ1n) is 8.47. The quantitative estimate of drug-likeness (QED) is 0.877. The monoisotopic (exact) mass is 316 g/mol. The van der Waals surface area contributed by atoms with E-state index in [1.54, 1.807) is 4.90 Å². The summed E-state index contributed by atoms with van der Waals surface area (Å²) in [6.07, 6.45) is 1.99. The third kappa shape index (κ3) is 4.12. The van der Waals surface area contributed by atoms with Crippen LogP contribution in [0.2, 0.25) is 0 Å². The molecule has 0 aromatic heterocycles. The van der Waals surface area contributed by atoms with E-state index in [0.717, 1.165) is 12.0 Å². The summed E-state index contributed by atoms with van der Waals surface area (Å²) >= 11 is 0. The van der Waals surface area contributed by atoms with Gasteiger partial charge in [-0.3, -0.25) is 9.59 Å². The lowest BCUT2D eigenvalue weighted by Crippen LogP contribution is -2.54. The van der Waals surface area contributed by atoms with Crippen molar-refractivity contribution in [3.8, 4) is 0 Å². The first-order valence-corrected chi connectivity index (χ1v) is 8.47. The maximum Gasteiger partial charge on any atom is 0.245 e. The van der Waals surface area contributed by atoms with E-state index in [0.29, 0.717) is 31.8 Å². The number of benzene rings is 1. The molecule has 1 N–H and O–H groups in total. The Hall–Kier alpha value is -1.84. The van der Waals surface area contributed by atoms with E-state index < -0.39 is 5.54 Å². The molecule has 0 spiro atoms. The van der Waals surface area contributed by atoms with Gasteiger partial charge in [0, 0.05) is 19.5 Å². The molecule has 0 aliphatic carbocycles. The normalized spacial score (nSPS) is 21.1. The van der Waals surface area contributed by atoms with Crippen LogP contribution in [-0.4, -0.2) is 28.8 Å². The topological polar surface area (TPSA) is 49.4 Å². The third-order valence-electron chi connectivity index (χ3n) is 4.68. The first-order chi connectivity index (χ1) is 10.8. The second kappa shape index (κ2) is 7.16. The number of nitrogens with one attached hydrogen (secondary N) is 1. The first kappa shape index (κ1) is 17.5. The van der Waals surface area contributed by atoms with Gasteiger partial charge in [0.2, 0.25) is 11.8 Å². The number of nitrogens with zero attached hydrogens (tertiary/aromatic N) is 1. The summed E-state index contributed by atoms with van der Waals surface area (Å²) < 4.78 is 0. The van der Waals surface area contributed by atoms with E-state index in [1.807, 2.05) is 38.1 Å². The summed E-state index contributed by atoms with van der Waals surface area (Å²) in [5, 5.41) is 3.01. The Morgan fingerprint density at radius 1 is 1.30 bits per heavy atom. The van der Waals surface area contributed by atoms with Crippen LogP contribution in [0.15, 0.2) is 24.3 Å². The Morgan fingerprint density at radius 2 is 1.96 bits per heavy atom. The number of amides is 2. The minimum atomic E-state index is -0.737. The molecule has 4 heteroatoms. The summed E-state index contributed by atoms with van der Waals surface area (Å²) in [5.74, 6) is 0.583. The molecule has 1 atom stereocenters. The smallest absolute Gasteiger partial charge is 0.245 e. The van der Waals surface area contributed by atoms with Crippen LogP contribution >= 0.6 is 0 Å². The highest BCUT2D eigenvalue weighted by Gasteiger charge is 2.46. The Labute approximate surface area is 139 Å². The van der Waals surface area contributed by atoms with Crippen LogP contribution in [0.1, 0.15) is 51.2 Å². The summed E-state index contributed by atoms with van der Waals surface area (Å²) in [6.45, 7) is 9.35. The predicted molar refractivity (Wildman–Crippen MR) is 91.8 cm³/mol. The molecule has 126 valence electrons. The fourth-order valence-electron chi connectivity index (χ4n) is 2.94. The number of hydrogen-bond donors (Lipinski definition) is 1. The number of likely N-dealkylation sites (tertiary alicyclic amines) is 1. The van der Waals surface area contributed by atoms with Crippen LogP contribution < -0.4 is 5.32 Å². The van der Waals surface area contributed by atoms with Gasteiger partial charge in [-0.15, -0.1) is 0 Å². The van der Waals surface area contributed by atoms with Gasteiger partial charge < -0.3 is 10.2 Å². The zero-order valence-corrected chi connectivity index (χ0v) is 14.7. The third-order valence-corrected chi connectivity index (χ3v) is 4.68. The van der Waals surface area contributed by atoms with Gasteiger partial charge in [-0.05, 0) is 38.2 Å². The van der Waals surface area contributed by atoms with Gasteiger partial charge >= 0.3 is 0 Å². The molecule has 0 saturated carbocycles. The van der Waals surface area contributed by atoms with Crippen molar-refractivity contribution < 1.29 is 9.59 Å². The van der Waals surface area contributed by atoms with Crippen molar-refractivity contribution in [2.45, 2.75) is 59.0 Å². The highest BCUT2D eigenvalue weighted by Crippen LogP contribution is 2.32. The summed E-state index contributed by atoms with van der Waals surface area (Å²) in [6, 6.07) is 8.13. The van der Waals surface area contributed by atoms with E-state index in [9.17, 15) is 9.59 Å². The van der Waals surface area contributed by atoms with Gasteiger partial charge in [0.1, 0.15) is 5.54 Å². The summed E-state index contributed by atoms with van der Waals surface area (Å²) in [7, 11) is 0. The van der Waals surface area contributed by atoms with Gasteiger partial charge in [-0.25, -0.2) is 0 Å².